The zero-order chi connectivity index (χ0) is 10.9. The summed E-state index contributed by atoms with van der Waals surface area (Å²) in [5, 5.41) is 19.6. The van der Waals surface area contributed by atoms with Crippen LogP contribution in [0, 0.1) is 15.5 Å². The molecule has 6 heteroatoms. The highest BCUT2D eigenvalue weighted by Gasteiger charge is 2.42. The van der Waals surface area contributed by atoms with E-state index in [0.717, 1.165) is 0 Å². The van der Waals surface area contributed by atoms with Gasteiger partial charge in [0, 0.05) is 11.8 Å². The van der Waals surface area contributed by atoms with E-state index >= 15 is 0 Å². The first-order chi connectivity index (χ1) is 6.39. The van der Waals surface area contributed by atoms with Crippen LogP contribution in [0.15, 0.2) is 23.5 Å². The minimum Gasteiger partial charge on any atom is -0.399 e. The Labute approximate surface area is 81.2 Å². The Morgan fingerprint density at radius 3 is 2.71 bits per heavy atom. The van der Waals surface area contributed by atoms with Gasteiger partial charge in [-0.1, -0.05) is 0 Å². The normalized spacial score (nSPS) is 25.2. The van der Waals surface area contributed by atoms with Gasteiger partial charge in [-0.3, -0.25) is 10.1 Å². The average Bonchev–Trinajstić information content (AvgIpc) is 2.07. The number of nitro groups is 1. The molecule has 0 saturated heterocycles. The molecule has 0 heterocycles. The summed E-state index contributed by atoms with van der Waals surface area (Å²) in [4.78, 5) is 10.2. The smallest absolute Gasteiger partial charge is 0.255 e. The second kappa shape index (κ2) is 3.39. The van der Waals surface area contributed by atoms with Crippen LogP contribution < -0.4 is 11.2 Å². The molecule has 0 fully saturated rings. The van der Waals surface area contributed by atoms with Crippen LogP contribution >= 0.6 is 0 Å². The largest absolute Gasteiger partial charge is 0.399 e. The maximum absolute atomic E-state index is 10.7. The predicted octanol–water partition coefficient (Wildman–Crippen LogP) is 0.377. The molecule has 0 aromatic rings. The van der Waals surface area contributed by atoms with Crippen LogP contribution in [0.3, 0.4) is 0 Å². The summed E-state index contributed by atoms with van der Waals surface area (Å²) in [6, 6.07) is -0.548. The minimum absolute atomic E-state index is 0.0101. The highest BCUT2D eigenvalue weighted by Crippen LogP contribution is 2.35. The van der Waals surface area contributed by atoms with Crippen molar-refractivity contribution in [1.29, 1.82) is 0 Å². The summed E-state index contributed by atoms with van der Waals surface area (Å²) in [7, 11) is 0. The monoisotopic (exact) mass is 199 g/mol. The maximum Gasteiger partial charge on any atom is 0.255 e. The molecular formula is C8H13N3O3. The van der Waals surface area contributed by atoms with Crippen molar-refractivity contribution in [2.24, 2.45) is 11.1 Å². The van der Waals surface area contributed by atoms with Crippen molar-refractivity contribution in [3.8, 4) is 0 Å². The SMILES string of the molecule is CC1(C)C([N+](=O)[O-])=CC(N)=CC1NO. The van der Waals surface area contributed by atoms with Gasteiger partial charge in [0.15, 0.2) is 0 Å². The van der Waals surface area contributed by atoms with Crippen LogP contribution in [0.5, 0.6) is 0 Å². The lowest BCUT2D eigenvalue weighted by molar-refractivity contribution is -0.441. The molecule has 0 aromatic heterocycles. The van der Waals surface area contributed by atoms with Gasteiger partial charge in [-0.2, -0.15) is 5.48 Å². The molecule has 1 rings (SSSR count). The fourth-order valence-corrected chi connectivity index (χ4v) is 1.44. The third kappa shape index (κ3) is 1.61. The number of rotatable bonds is 2. The third-order valence-electron chi connectivity index (χ3n) is 2.44. The van der Waals surface area contributed by atoms with Gasteiger partial charge in [0.1, 0.15) is 0 Å². The van der Waals surface area contributed by atoms with E-state index in [9.17, 15) is 10.1 Å². The zero-order valence-corrected chi connectivity index (χ0v) is 8.02. The maximum atomic E-state index is 10.7. The summed E-state index contributed by atoms with van der Waals surface area (Å²) in [6.45, 7) is 3.33. The molecule has 1 aliphatic rings. The lowest BCUT2D eigenvalue weighted by Crippen LogP contribution is -2.44. The first-order valence-corrected chi connectivity index (χ1v) is 4.13. The Balaban J connectivity index is 3.15. The van der Waals surface area contributed by atoms with E-state index in [1.165, 1.54) is 6.08 Å². The number of nitrogens with zero attached hydrogens (tertiary/aromatic N) is 1. The molecule has 0 amide bonds. The van der Waals surface area contributed by atoms with E-state index in [0.29, 0.717) is 0 Å². The van der Waals surface area contributed by atoms with E-state index in [4.69, 9.17) is 10.9 Å². The zero-order valence-electron chi connectivity index (χ0n) is 8.02. The van der Waals surface area contributed by atoms with Gasteiger partial charge in [0.25, 0.3) is 5.70 Å². The standard InChI is InChI=1S/C8H13N3O3/c1-8(2)6(10-12)3-5(9)4-7(8)11(13)14/h3-4,6,10,12H,9H2,1-2H3. The molecule has 1 unspecified atom stereocenters. The molecule has 6 nitrogen and oxygen atoms in total. The molecular weight excluding hydrogens is 186 g/mol. The number of allylic oxidation sites excluding steroid dienone is 1. The Hall–Kier alpha value is -1.40. The fourth-order valence-electron chi connectivity index (χ4n) is 1.44. The van der Waals surface area contributed by atoms with Crippen LogP contribution in [0.25, 0.3) is 0 Å². The summed E-state index contributed by atoms with van der Waals surface area (Å²) in [5.41, 5.74) is 6.97. The molecule has 0 aliphatic heterocycles. The lowest BCUT2D eigenvalue weighted by atomic mass is 9.78. The Kier molecular flexibility index (Phi) is 2.59. The van der Waals surface area contributed by atoms with Gasteiger partial charge in [-0.15, -0.1) is 0 Å². The van der Waals surface area contributed by atoms with Crippen molar-refractivity contribution in [3.63, 3.8) is 0 Å². The highest BCUT2D eigenvalue weighted by molar-refractivity contribution is 5.30. The number of hydrogen-bond donors (Lipinski definition) is 3. The van der Waals surface area contributed by atoms with Gasteiger partial charge in [0.2, 0.25) is 0 Å². The van der Waals surface area contributed by atoms with Crippen molar-refractivity contribution in [2.45, 2.75) is 19.9 Å². The summed E-state index contributed by atoms with van der Waals surface area (Å²) < 4.78 is 0. The summed E-state index contributed by atoms with van der Waals surface area (Å²) >= 11 is 0. The van der Waals surface area contributed by atoms with Crippen LogP contribution in [-0.4, -0.2) is 16.2 Å². The quantitative estimate of drug-likeness (QED) is 0.440. The van der Waals surface area contributed by atoms with Crippen LogP contribution in [-0.2, 0) is 0 Å². The van der Waals surface area contributed by atoms with Crippen molar-refractivity contribution in [2.75, 3.05) is 0 Å². The number of hydroxylamine groups is 1. The molecule has 0 spiro atoms. The number of hydrogen-bond acceptors (Lipinski definition) is 5. The molecule has 14 heavy (non-hydrogen) atoms. The highest BCUT2D eigenvalue weighted by atomic mass is 16.6. The number of nitrogens with one attached hydrogen (secondary N) is 1. The van der Waals surface area contributed by atoms with Gasteiger partial charge >= 0.3 is 0 Å². The Morgan fingerprint density at radius 2 is 2.29 bits per heavy atom. The van der Waals surface area contributed by atoms with Crippen molar-refractivity contribution in [3.05, 3.63) is 33.7 Å². The third-order valence-corrected chi connectivity index (χ3v) is 2.44. The molecule has 0 radical (unpaired) electrons. The lowest BCUT2D eigenvalue weighted by Gasteiger charge is -2.31. The van der Waals surface area contributed by atoms with Gasteiger partial charge < -0.3 is 10.9 Å². The topological polar surface area (TPSA) is 101 Å². The Bertz CT molecular complexity index is 320. The number of nitrogens with two attached hydrogens (primary N) is 1. The minimum atomic E-state index is -0.791. The van der Waals surface area contributed by atoms with E-state index in [1.54, 1.807) is 19.9 Å². The second-order valence-electron chi connectivity index (χ2n) is 3.78. The molecule has 4 N–H and O–H groups in total. The van der Waals surface area contributed by atoms with Crippen LogP contribution in [0.1, 0.15) is 13.8 Å². The molecule has 78 valence electrons. The summed E-state index contributed by atoms with van der Waals surface area (Å²) in [5.74, 6) is 0. The molecule has 0 saturated carbocycles. The molecule has 1 aliphatic carbocycles. The fraction of sp³-hybridized carbons (Fsp3) is 0.500. The molecule has 1 atom stereocenters. The average molecular weight is 199 g/mol. The molecule has 0 bridgehead atoms. The van der Waals surface area contributed by atoms with E-state index in [-0.39, 0.29) is 11.4 Å². The van der Waals surface area contributed by atoms with Gasteiger partial charge in [0.05, 0.1) is 16.4 Å². The Morgan fingerprint density at radius 1 is 1.71 bits per heavy atom. The van der Waals surface area contributed by atoms with E-state index < -0.39 is 16.4 Å². The summed E-state index contributed by atoms with van der Waals surface area (Å²) in [6.07, 6.45) is 2.86. The predicted molar refractivity (Wildman–Crippen MR) is 49.8 cm³/mol. The van der Waals surface area contributed by atoms with E-state index in [1.807, 2.05) is 5.48 Å². The first kappa shape index (κ1) is 10.7. The first-order valence-electron chi connectivity index (χ1n) is 4.13. The van der Waals surface area contributed by atoms with Gasteiger partial charge in [-0.05, 0) is 19.9 Å². The second-order valence-corrected chi connectivity index (χ2v) is 3.78. The van der Waals surface area contributed by atoms with Crippen molar-refractivity contribution >= 4 is 0 Å². The van der Waals surface area contributed by atoms with Crippen molar-refractivity contribution in [1.82, 2.24) is 5.48 Å². The van der Waals surface area contributed by atoms with Crippen LogP contribution in [0.4, 0.5) is 0 Å². The van der Waals surface area contributed by atoms with Crippen LogP contribution in [0.2, 0.25) is 0 Å². The van der Waals surface area contributed by atoms with Gasteiger partial charge in [-0.25, -0.2) is 0 Å². The van der Waals surface area contributed by atoms with Crippen molar-refractivity contribution < 1.29 is 10.1 Å². The molecule has 0 aromatic carbocycles. The van der Waals surface area contributed by atoms with E-state index in [2.05, 4.69) is 0 Å².